The molecule has 1 amide bonds. The molecule has 6 nitrogen and oxygen atoms in total. The zero-order valence-corrected chi connectivity index (χ0v) is 19.3. The van der Waals surface area contributed by atoms with E-state index >= 15 is 0 Å². The number of nitrogens with two attached hydrogens (primary N) is 1. The molecule has 1 aliphatic carbocycles. The third-order valence-corrected chi connectivity index (χ3v) is 4.85. The fourth-order valence-corrected chi connectivity index (χ4v) is 3.26. The molecule has 0 bridgehead atoms. The quantitative estimate of drug-likeness (QED) is 0.355. The van der Waals surface area contributed by atoms with Gasteiger partial charge < -0.3 is 20.7 Å². The van der Waals surface area contributed by atoms with Crippen LogP contribution in [0, 0.1) is 0 Å². The van der Waals surface area contributed by atoms with Crippen LogP contribution in [0.15, 0.2) is 47.5 Å². The number of fused-ring (bicyclic) bond motifs is 1. The van der Waals surface area contributed by atoms with E-state index in [0.29, 0.717) is 18.3 Å². The topological polar surface area (TPSA) is 80.0 Å². The summed E-state index contributed by atoms with van der Waals surface area (Å²) in [5.41, 5.74) is 10.9. The summed E-state index contributed by atoms with van der Waals surface area (Å²) in [5, 5.41) is 3.25. The Morgan fingerprint density at radius 1 is 1.17 bits per heavy atom. The van der Waals surface area contributed by atoms with Gasteiger partial charge >= 0.3 is 0 Å². The Hall–Kier alpha value is -2.29. The van der Waals surface area contributed by atoms with Gasteiger partial charge in [-0.15, -0.1) is 24.0 Å². The van der Waals surface area contributed by atoms with Gasteiger partial charge in [-0.2, -0.15) is 0 Å². The molecule has 0 aliphatic heterocycles. The predicted octanol–water partition coefficient (Wildman–Crippen LogP) is 3.58. The van der Waals surface area contributed by atoms with Gasteiger partial charge in [-0.1, -0.05) is 24.3 Å². The van der Waals surface area contributed by atoms with Crippen LogP contribution in [0.1, 0.15) is 29.5 Å². The van der Waals surface area contributed by atoms with Gasteiger partial charge in [-0.05, 0) is 60.6 Å². The lowest BCUT2D eigenvalue weighted by Gasteiger charge is -2.19. The van der Waals surface area contributed by atoms with E-state index < -0.39 is 0 Å². The molecule has 0 unspecified atom stereocenters. The number of guanidine groups is 1. The minimum atomic E-state index is -0.0805. The highest BCUT2D eigenvalue weighted by Crippen LogP contribution is 2.27. The first-order chi connectivity index (χ1) is 13.5. The molecule has 156 valence electrons. The molecule has 0 heterocycles. The van der Waals surface area contributed by atoms with Crippen molar-refractivity contribution in [3.63, 3.8) is 0 Å². The summed E-state index contributed by atoms with van der Waals surface area (Å²) in [4.78, 5) is 17.6. The first kappa shape index (κ1) is 23.0. The van der Waals surface area contributed by atoms with Crippen LogP contribution in [-0.4, -0.2) is 37.5 Å². The van der Waals surface area contributed by atoms with Crippen molar-refractivity contribution in [2.75, 3.05) is 26.0 Å². The summed E-state index contributed by atoms with van der Waals surface area (Å²) < 4.78 is 5.55. The zero-order chi connectivity index (χ0) is 19.9. The van der Waals surface area contributed by atoms with Crippen LogP contribution >= 0.6 is 24.0 Å². The Balaban J connectivity index is 0.00000300. The van der Waals surface area contributed by atoms with Gasteiger partial charge in [0.15, 0.2) is 12.6 Å². The van der Waals surface area contributed by atoms with Crippen LogP contribution < -0.4 is 15.8 Å². The van der Waals surface area contributed by atoms with Gasteiger partial charge in [0.25, 0.3) is 5.91 Å². The lowest BCUT2D eigenvalue weighted by molar-refractivity contribution is -0.130. The molecule has 0 spiro atoms. The van der Waals surface area contributed by atoms with Crippen molar-refractivity contribution in [3.8, 4) is 5.75 Å². The highest BCUT2D eigenvalue weighted by Gasteiger charge is 2.13. The number of amides is 1. The molecule has 3 N–H and O–H groups in total. The second-order valence-electron chi connectivity index (χ2n) is 7.20. The van der Waals surface area contributed by atoms with Gasteiger partial charge in [0.1, 0.15) is 5.75 Å². The fourth-order valence-electron chi connectivity index (χ4n) is 3.26. The van der Waals surface area contributed by atoms with E-state index in [0.717, 1.165) is 24.1 Å². The summed E-state index contributed by atoms with van der Waals surface area (Å²) in [6.07, 6.45) is 4.67. The first-order valence-corrected chi connectivity index (χ1v) is 9.62. The monoisotopic (exact) mass is 508 g/mol. The van der Waals surface area contributed by atoms with Crippen molar-refractivity contribution in [1.29, 1.82) is 0 Å². The summed E-state index contributed by atoms with van der Waals surface area (Å²) in [7, 11) is 3.41. The number of benzene rings is 2. The maximum absolute atomic E-state index is 11.6. The maximum atomic E-state index is 11.6. The SMILES string of the molecule is CN(C)C(=O)COc1cccc(CN=C(N)Nc2cccc3c2CCCC3)c1.I. The van der Waals surface area contributed by atoms with Crippen LogP contribution in [0.3, 0.4) is 0 Å². The number of nitrogens with one attached hydrogen (secondary N) is 1. The third-order valence-electron chi connectivity index (χ3n) is 4.85. The molecular weight excluding hydrogens is 479 g/mol. The zero-order valence-electron chi connectivity index (χ0n) is 17.0. The third kappa shape index (κ3) is 6.62. The molecule has 0 saturated heterocycles. The first-order valence-electron chi connectivity index (χ1n) is 9.62. The lowest BCUT2D eigenvalue weighted by Crippen LogP contribution is -2.27. The summed E-state index contributed by atoms with van der Waals surface area (Å²) >= 11 is 0. The predicted molar refractivity (Wildman–Crippen MR) is 128 cm³/mol. The second kappa shape index (κ2) is 11.0. The largest absolute Gasteiger partial charge is 0.484 e. The summed E-state index contributed by atoms with van der Waals surface area (Å²) in [6, 6.07) is 13.9. The van der Waals surface area contributed by atoms with Crippen LogP contribution in [0.2, 0.25) is 0 Å². The van der Waals surface area contributed by atoms with Crippen LogP contribution in [0.25, 0.3) is 0 Å². The molecule has 29 heavy (non-hydrogen) atoms. The average Bonchev–Trinajstić information content (AvgIpc) is 2.71. The number of hydrogen-bond donors (Lipinski definition) is 2. The summed E-state index contributed by atoms with van der Waals surface area (Å²) in [5.74, 6) is 0.961. The lowest BCUT2D eigenvalue weighted by atomic mass is 9.90. The van der Waals surface area contributed by atoms with Gasteiger partial charge in [0, 0.05) is 19.8 Å². The van der Waals surface area contributed by atoms with Crippen molar-refractivity contribution >= 4 is 41.5 Å². The number of carbonyl (C=O) groups is 1. The number of hydrogen-bond acceptors (Lipinski definition) is 3. The highest BCUT2D eigenvalue weighted by atomic mass is 127. The number of aryl methyl sites for hydroxylation is 1. The Morgan fingerprint density at radius 3 is 2.72 bits per heavy atom. The van der Waals surface area contributed by atoms with E-state index in [4.69, 9.17) is 10.5 Å². The number of ether oxygens (including phenoxy) is 1. The van der Waals surface area contributed by atoms with Crippen molar-refractivity contribution in [2.45, 2.75) is 32.2 Å². The standard InChI is InChI=1S/C22H28N4O2.HI/c1-26(2)21(27)15-28-18-10-5-7-16(13-18)14-24-22(23)25-20-12-6-9-17-8-3-4-11-19(17)20;/h5-7,9-10,12-13H,3-4,8,11,14-15H2,1-2H3,(H3,23,24,25);1H. The van der Waals surface area contributed by atoms with E-state index in [-0.39, 0.29) is 36.5 Å². The van der Waals surface area contributed by atoms with E-state index in [1.165, 1.54) is 28.9 Å². The highest BCUT2D eigenvalue weighted by molar-refractivity contribution is 14.0. The van der Waals surface area contributed by atoms with Crippen LogP contribution in [0.4, 0.5) is 5.69 Å². The smallest absolute Gasteiger partial charge is 0.259 e. The molecule has 7 heteroatoms. The second-order valence-corrected chi connectivity index (χ2v) is 7.20. The van der Waals surface area contributed by atoms with E-state index in [2.05, 4.69) is 28.5 Å². The van der Waals surface area contributed by atoms with Crippen molar-refractivity contribution in [1.82, 2.24) is 4.90 Å². The molecule has 0 aromatic heterocycles. The normalized spacial score (nSPS) is 13.1. The van der Waals surface area contributed by atoms with Gasteiger partial charge in [0.05, 0.1) is 6.54 Å². The Labute approximate surface area is 189 Å². The number of halogens is 1. The van der Waals surface area contributed by atoms with Crippen molar-refractivity contribution in [2.24, 2.45) is 10.7 Å². The molecule has 0 atom stereocenters. The molecular formula is C22H29IN4O2. The van der Waals surface area contributed by atoms with Crippen LogP contribution in [-0.2, 0) is 24.2 Å². The number of aliphatic imine (C=N–C) groups is 1. The molecule has 2 aromatic rings. The van der Waals surface area contributed by atoms with E-state index in [1.54, 1.807) is 14.1 Å². The molecule has 0 radical (unpaired) electrons. The fraction of sp³-hybridized carbons (Fsp3) is 0.364. The van der Waals surface area contributed by atoms with Gasteiger partial charge in [-0.3, -0.25) is 4.79 Å². The number of rotatable bonds is 6. The maximum Gasteiger partial charge on any atom is 0.259 e. The molecule has 2 aromatic carbocycles. The average molecular weight is 508 g/mol. The van der Waals surface area contributed by atoms with Crippen molar-refractivity contribution < 1.29 is 9.53 Å². The number of carbonyl (C=O) groups excluding carboxylic acids is 1. The minimum Gasteiger partial charge on any atom is -0.484 e. The van der Waals surface area contributed by atoms with Crippen LogP contribution in [0.5, 0.6) is 5.75 Å². The summed E-state index contributed by atoms with van der Waals surface area (Å²) in [6.45, 7) is 0.454. The Kier molecular flexibility index (Phi) is 8.75. The number of nitrogens with zero attached hydrogens (tertiary/aromatic N) is 2. The van der Waals surface area contributed by atoms with E-state index in [1.807, 2.05) is 24.3 Å². The molecule has 0 saturated carbocycles. The number of likely N-dealkylation sites (N-methyl/N-ethyl adjacent to an activating group) is 1. The van der Waals surface area contributed by atoms with Crippen molar-refractivity contribution in [3.05, 3.63) is 59.2 Å². The Bertz CT molecular complexity index is 868. The van der Waals surface area contributed by atoms with Gasteiger partial charge in [0.2, 0.25) is 0 Å². The number of anilines is 1. The molecule has 1 aliphatic rings. The minimum absolute atomic E-state index is 0. The van der Waals surface area contributed by atoms with E-state index in [9.17, 15) is 4.79 Å². The van der Waals surface area contributed by atoms with Gasteiger partial charge in [-0.25, -0.2) is 4.99 Å². The molecule has 3 rings (SSSR count). The Morgan fingerprint density at radius 2 is 1.93 bits per heavy atom. The molecule has 0 fully saturated rings.